The lowest BCUT2D eigenvalue weighted by Gasteiger charge is -2.36. The van der Waals surface area contributed by atoms with E-state index in [0.717, 1.165) is 69.2 Å². The molecule has 1 aliphatic heterocycles. The smallest absolute Gasteiger partial charge is 0.264 e. The molecule has 10 heteroatoms. The normalized spacial score (nSPS) is 20.5. The number of benzene rings is 2. The van der Waals surface area contributed by atoms with Gasteiger partial charge < -0.3 is 15.1 Å². The monoisotopic (exact) mass is 558 g/mol. The van der Waals surface area contributed by atoms with E-state index in [2.05, 4.69) is 28.2 Å². The van der Waals surface area contributed by atoms with Crippen LogP contribution in [0.4, 0.5) is 11.4 Å². The lowest BCUT2D eigenvalue weighted by atomic mass is 9.90. The maximum Gasteiger partial charge on any atom is 0.264 e. The van der Waals surface area contributed by atoms with E-state index in [0.29, 0.717) is 22.2 Å². The summed E-state index contributed by atoms with van der Waals surface area (Å²) in [5.74, 6) is 0.187. The standard InChI is InChI=1S/C28H35ClN4O4S/c1-32(26-10-5-22(18-30)27(29)17-26)24-11-6-23(7-12-24)31-28(34)21-3-8-25(9-4-21)33-15-13-20(14-16-33)19-37-38(2,35)36/h3-5,8-10,17,20,23-24H,6-7,11-16,19H2,1-2H3,(H,31,34). The van der Waals surface area contributed by atoms with Crippen molar-refractivity contribution < 1.29 is 17.4 Å². The number of rotatable bonds is 8. The number of hydrogen-bond acceptors (Lipinski definition) is 7. The number of nitriles is 1. The van der Waals surface area contributed by atoms with Crippen LogP contribution in [0.3, 0.4) is 0 Å². The maximum absolute atomic E-state index is 12.9. The van der Waals surface area contributed by atoms with Gasteiger partial charge in [-0.3, -0.25) is 8.98 Å². The number of nitrogens with zero attached hydrogens (tertiary/aromatic N) is 3. The second-order valence-corrected chi connectivity index (χ2v) is 12.4. The van der Waals surface area contributed by atoms with Crippen molar-refractivity contribution in [2.24, 2.45) is 5.92 Å². The molecule has 1 saturated heterocycles. The van der Waals surface area contributed by atoms with Gasteiger partial charge in [-0.25, -0.2) is 0 Å². The molecular formula is C28H35ClN4O4S. The summed E-state index contributed by atoms with van der Waals surface area (Å²) in [5, 5.41) is 12.8. The SMILES string of the molecule is CN(c1ccc(C#N)c(Cl)c1)C1CCC(NC(=O)c2ccc(N3CCC(COS(C)(=O)=O)CC3)cc2)CC1. The molecular weight excluding hydrogens is 524 g/mol. The largest absolute Gasteiger partial charge is 0.372 e. The van der Waals surface area contributed by atoms with Gasteiger partial charge in [0.1, 0.15) is 6.07 Å². The van der Waals surface area contributed by atoms with Crippen LogP contribution < -0.4 is 15.1 Å². The molecule has 0 aromatic heterocycles. The number of piperidine rings is 1. The van der Waals surface area contributed by atoms with Gasteiger partial charge in [-0.15, -0.1) is 0 Å². The van der Waals surface area contributed by atoms with Gasteiger partial charge in [0.25, 0.3) is 16.0 Å². The number of hydrogen-bond donors (Lipinski definition) is 1. The summed E-state index contributed by atoms with van der Waals surface area (Å²) in [5.41, 5.74) is 3.19. The fourth-order valence-corrected chi connectivity index (χ4v) is 5.96. The quantitative estimate of drug-likeness (QED) is 0.473. The number of carbonyl (C=O) groups is 1. The van der Waals surface area contributed by atoms with Crippen LogP contribution in [0.2, 0.25) is 5.02 Å². The number of carbonyl (C=O) groups excluding carboxylic acids is 1. The lowest BCUT2D eigenvalue weighted by molar-refractivity contribution is 0.0925. The Morgan fingerprint density at radius 3 is 2.34 bits per heavy atom. The van der Waals surface area contributed by atoms with Crippen molar-refractivity contribution >= 4 is 39.0 Å². The Morgan fingerprint density at radius 2 is 1.76 bits per heavy atom. The van der Waals surface area contributed by atoms with Gasteiger partial charge in [-0.2, -0.15) is 13.7 Å². The summed E-state index contributed by atoms with van der Waals surface area (Å²) in [6.07, 6.45) is 6.55. The minimum absolute atomic E-state index is 0.0520. The first-order chi connectivity index (χ1) is 18.1. The topological polar surface area (TPSA) is 103 Å². The predicted octanol–water partition coefficient (Wildman–Crippen LogP) is 4.58. The van der Waals surface area contributed by atoms with Crippen LogP contribution in [0.1, 0.15) is 54.4 Å². The molecule has 0 spiro atoms. The minimum Gasteiger partial charge on any atom is -0.372 e. The molecule has 204 valence electrons. The summed E-state index contributed by atoms with van der Waals surface area (Å²) >= 11 is 6.21. The molecule has 1 saturated carbocycles. The second kappa shape index (κ2) is 12.4. The van der Waals surface area contributed by atoms with Crippen molar-refractivity contribution in [2.45, 2.75) is 50.6 Å². The minimum atomic E-state index is -3.40. The Balaban J connectivity index is 1.23. The van der Waals surface area contributed by atoms with Crippen molar-refractivity contribution in [3.8, 4) is 6.07 Å². The van der Waals surface area contributed by atoms with Gasteiger partial charge in [0.15, 0.2) is 0 Å². The highest BCUT2D eigenvalue weighted by atomic mass is 35.5. The van der Waals surface area contributed by atoms with Crippen molar-refractivity contribution in [3.63, 3.8) is 0 Å². The first kappa shape index (κ1) is 28.2. The molecule has 0 radical (unpaired) electrons. The van der Waals surface area contributed by atoms with E-state index in [1.165, 1.54) is 0 Å². The van der Waals surface area contributed by atoms with Crippen LogP contribution in [-0.2, 0) is 14.3 Å². The second-order valence-electron chi connectivity index (χ2n) is 10.3. The number of halogens is 1. The number of anilines is 2. The Kier molecular flexibility index (Phi) is 9.19. The summed E-state index contributed by atoms with van der Waals surface area (Å²) < 4.78 is 27.4. The number of nitrogens with one attached hydrogen (secondary N) is 1. The average Bonchev–Trinajstić information content (AvgIpc) is 2.92. The van der Waals surface area contributed by atoms with Crippen LogP contribution in [0.5, 0.6) is 0 Å². The molecule has 4 rings (SSSR count). The van der Waals surface area contributed by atoms with E-state index >= 15 is 0 Å². The van der Waals surface area contributed by atoms with E-state index in [1.54, 1.807) is 6.07 Å². The molecule has 0 atom stereocenters. The van der Waals surface area contributed by atoms with Crippen molar-refractivity contribution in [1.29, 1.82) is 5.26 Å². The fraction of sp³-hybridized carbons (Fsp3) is 0.500. The van der Waals surface area contributed by atoms with Gasteiger partial charge in [0.05, 0.1) is 23.4 Å². The first-order valence-electron chi connectivity index (χ1n) is 13.1. The molecule has 0 bridgehead atoms. The van der Waals surface area contributed by atoms with E-state index < -0.39 is 10.1 Å². The molecule has 38 heavy (non-hydrogen) atoms. The zero-order chi connectivity index (χ0) is 27.3. The lowest BCUT2D eigenvalue weighted by Crippen LogP contribution is -2.43. The van der Waals surface area contributed by atoms with Crippen LogP contribution in [-0.4, -0.2) is 59.4 Å². The third-order valence-electron chi connectivity index (χ3n) is 7.69. The van der Waals surface area contributed by atoms with Crippen LogP contribution in [0.25, 0.3) is 0 Å². The van der Waals surface area contributed by atoms with Crippen molar-refractivity contribution in [1.82, 2.24) is 5.32 Å². The maximum atomic E-state index is 12.9. The number of amides is 1. The Hall–Kier alpha value is -2.80. The van der Waals surface area contributed by atoms with Gasteiger partial charge in [-0.05, 0) is 86.9 Å². The molecule has 8 nitrogen and oxygen atoms in total. The van der Waals surface area contributed by atoms with Gasteiger partial charge >= 0.3 is 0 Å². The Bertz CT molecular complexity index is 1260. The molecule has 0 unspecified atom stereocenters. The van der Waals surface area contributed by atoms with Crippen molar-refractivity contribution in [2.75, 3.05) is 42.8 Å². The molecule has 2 aliphatic rings. The molecule has 2 aromatic rings. The molecule has 1 N–H and O–H groups in total. The highest BCUT2D eigenvalue weighted by molar-refractivity contribution is 7.85. The van der Waals surface area contributed by atoms with Crippen molar-refractivity contribution in [3.05, 3.63) is 58.6 Å². The van der Waals surface area contributed by atoms with E-state index in [1.807, 2.05) is 36.4 Å². The summed E-state index contributed by atoms with van der Waals surface area (Å²) in [6, 6.07) is 15.8. The fourth-order valence-electron chi connectivity index (χ4n) is 5.30. The van der Waals surface area contributed by atoms with Gasteiger partial charge in [0.2, 0.25) is 0 Å². The Labute approximate surface area is 230 Å². The first-order valence-corrected chi connectivity index (χ1v) is 15.2. The average molecular weight is 559 g/mol. The highest BCUT2D eigenvalue weighted by Crippen LogP contribution is 2.30. The van der Waals surface area contributed by atoms with E-state index in [9.17, 15) is 13.2 Å². The third-order valence-corrected chi connectivity index (χ3v) is 8.56. The summed E-state index contributed by atoms with van der Waals surface area (Å²) in [4.78, 5) is 17.4. The van der Waals surface area contributed by atoms with Crippen LogP contribution in [0, 0.1) is 17.2 Å². The summed E-state index contributed by atoms with van der Waals surface area (Å²) in [7, 11) is -1.35. The van der Waals surface area contributed by atoms with Crippen LogP contribution >= 0.6 is 11.6 Å². The molecule has 2 aromatic carbocycles. The molecule has 2 fully saturated rings. The molecule has 1 aliphatic carbocycles. The summed E-state index contributed by atoms with van der Waals surface area (Å²) in [6.45, 7) is 1.90. The zero-order valence-corrected chi connectivity index (χ0v) is 23.5. The third kappa shape index (κ3) is 7.40. The predicted molar refractivity (Wildman–Crippen MR) is 150 cm³/mol. The van der Waals surface area contributed by atoms with E-state index in [-0.39, 0.29) is 24.5 Å². The van der Waals surface area contributed by atoms with E-state index in [4.69, 9.17) is 21.0 Å². The zero-order valence-electron chi connectivity index (χ0n) is 21.9. The van der Waals surface area contributed by atoms with Crippen LogP contribution in [0.15, 0.2) is 42.5 Å². The molecule has 1 heterocycles. The highest BCUT2D eigenvalue weighted by Gasteiger charge is 2.26. The Morgan fingerprint density at radius 1 is 1.11 bits per heavy atom. The van der Waals surface area contributed by atoms with Gasteiger partial charge in [0, 0.05) is 49.2 Å². The molecule has 1 amide bonds. The van der Waals surface area contributed by atoms with Gasteiger partial charge in [-0.1, -0.05) is 11.6 Å².